The van der Waals surface area contributed by atoms with Crippen molar-refractivity contribution in [2.45, 2.75) is 31.8 Å². The molecule has 0 bridgehead atoms. The lowest BCUT2D eigenvalue weighted by Crippen LogP contribution is -2.45. The van der Waals surface area contributed by atoms with Gasteiger partial charge in [-0.2, -0.15) is 0 Å². The van der Waals surface area contributed by atoms with Crippen molar-refractivity contribution in [3.63, 3.8) is 0 Å². The van der Waals surface area contributed by atoms with E-state index in [1.165, 1.54) is 12.8 Å². The lowest BCUT2D eigenvalue weighted by molar-refractivity contribution is 0.257. The molecule has 2 N–H and O–H groups in total. The van der Waals surface area contributed by atoms with Gasteiger partial charge < -0.3 is 15.5 Å². The topological polar surface area (TPSA) is 45.4 Å². The molecule has 0 saturated carbocycles. The van der Waals surface area contributed by atoms with Crippen LogP contribution in [0.3, 0.4) is 0 Å². The van der Waals surface area contributed by atoms with Crippen LogP contribution in [-0.2, 0) is 0 Å². The maximum Gasteiger partial charge on any atom is 0.128 e. The first-order valence-corrected chi connectivity index (χ1v) is 6.71. The molecule has 4 nitrogen and oxygen atoms in total. The number of piperidine rings is 1. The van der Waals surface area contributed by atoms with E-state index in [-0.39, 0.29) is 6.04 Å². The minimum Gasteiger partial charge on any atom is -0.355 e. The third-order valence-corrected chi connectivity index (χ3v) is 3.75. The number of aromatic nitrogens is 1. The molecule has 0 spiro atoms. The van der Waals surface area contributed by atoms with Crippen LogP contribution in [0.4, 0.5) is 5.82 Å². The molecule has 18 heavy (non-hydrogen) atoms. The second-order valence-corrected chi connectivity index (χ2v) is 5.44. The summed E-state index contributed by atoms with van der Waals surface area (Å²) in [7, 11) is 4.31. The summed E-state index contributed by atoms with van der Waals surface area (Å²) in [6.07, 6.45) is 4.42. The molecule has 2 atom stereocenters. The fourth-order valence-electron chi connectivity index (χ4n) is 2.44. The van der Waals surface area contributed by atoms with E-state index >= 15 is 0 Å². The lowest BCUT2D eigenvalue weighted by atomic mass is 10.0. The average molecular weight is 248 g/mol. The molecule has 4 heteroatoms. The molecule has 2 rings (SSSR count). The number of hydrogen-bond donors (Lipinski definition) is 1. The van der Waals surface area contributed by atoms with Gasteiger partial charge in [-0.15, -0.1) is 0 Å². The summed E-state index contributed by atoms with van der Waals surface area (Å²) in [4.78, 5) is 9.23. The van der Waals surface area contributed by atoms with Gasteiger partial charge in [0, 0.05) is 31.4 Å². The van der Waals surface area contributed by atoms with Gasteiger partial charge in [0.25, 0.3) is 0 Å². The van der Waals surface area contributed by atoms with Crippen molar-refractivity contribution < 1.29 is 0 Å². The average Bonchev–Trinajstić information content (AvgIpc) is 2.39. The van der Waals surface area contributed by atoms with Crippen LogP contribution in [0, 0.1) is 0 Å². The molecule has 1 saturated heterocycles. The summed E-state index contributed by atoms with van der Waals surface area (Å²) in [5, 5.41) is 0. The highest BCUT2D eigenvalue weighted by atomic mass is 15.2. The molecule has 100 valence electrons. The smallest absolute Gasteiger partial charge is 0.128 e. The van der Waals surface area contributed by atoms with Crippen molar-refractivity contribution in [1.29, 1.82) is 0 Å². The summed E-state index contributed by atoms with van der Waals surface area (Å²) >= 11 is 0. The zero-order valence-electron chi connectivity index (χ0n) is 11.6. The van der Waals surface area contributed by atoms with E-state index in [2.05, 4.69) is 41.0 Å². The molecule has 1 aliphatic rings. The first-order valence-electron chi connectivity index (χ1n) is 6.71. The van der Waals surface area contributed by atoms with Gasteiger partial charge in [0.05, 0.1) is 0 Å². The molecule has 0 aliphatic carbocycles. The fraction of sp³-hybridized carbons (Fsp3) is 0.643. The summed E-state index contributed by atoms with van der Waals surface area (Å²) in [6, 6.07) is 4.87. The number of pyridine rings is 1. The van der Waals surface area contributed by atoms with Crippen molar-refractivity contribution in [2.24, 2.45) is 5.73 Å². The van der Waals surface area contributed by atoms with E-state index in [4.69, 9.17) is 5.73 Å². The highest BCUT2D eigenvalue weighted by molar-refractivity contribution is 5.40. The predicted octanol–water partition coefficient (Wildman–Crippen LogP) is 1.63. The molecule has 2 heterocycles. The first kappa shape index (κ1) is 13.3. The number of rotatable bonds is 3. The number of nitrogens with zero attached hydrogens (tertiary/aromatic N) is 3. The van der Waals surface area contributed by atoms with Gasteiger partial charge in [-0.1, -0.05) is 6.07 Å². The van der Waals surface area contributed by atoms with Crippen LogP contribution in [-0.4, -0.2) is 43.1 Å². The van der Waals surface area contributed by atoms with Crippen molar-refractivity contribution >= 4 is 5.82 Å². The second-order valence-electron chi connectivity index (χ2n) is 5.44. The SMILES string of the molecule is CC(N)c1ccc(N2CCCC(N(C)C)C2)nc1. The Morgan fingerprint density at radius 2 is 2.22 bits per heavy atom. The van der Waals surface area contributed by atoms with Crippen LogP contribution in [0.1, 0.15) is 31.4 Å². The van der Waals surface area contributed by atoms with E-state index in [9.17, 15) is 0 Å². The minimum atomic E-state index is 0.0578. The Labute approximate surface area is 110 Å². The Bertz CT molecular complexity index is 372. The molecule has 1 aromatic rings. The molecule has 1 aromatic heterocycles. The van der Waals surface area contributed by atoms with E-state index in [0.29, 0.717) is 6.04 Å². The molecule has 1 aliphatic heterocycles. The third kappa shape index (κ3) is 3.00. The summed E-state index contributed by atoms with van der Waals surface area (Å²) in [6.45, 7) is 4.16. The molecule has 0 radical (unpaired) electrons. The van der Waals surface area contributed by atoms with Crippen LogP contribution in [0.2, 0.25) is 0 Å². The van der Waals surface area contributed by atoms with E-state index in [1.807, 2.05) is 13.1 Å². The van der Waals surface area contributed by atoms with Crippen LogP contribution >= 0.6 is 0 Å². The Balaban J connectivity index is 2.06. The zero-order valence-corrected chi connectivity index (χ0v) is 11.6. The van der Waals surface area contributed by atoms with Gasteiger partial charge in [0.2, 0.25) is 0 Å². The normalized spacial score (nSPS) is 22.3. The van der Waals surface area contributed by atoms with Crippen LogP contribution < -0.4 is 10.6 Å². The number of anilines is 1. The minimum absolute atomic E-state index is 0.0578. The fourth-order valence-corrected chi connectivity index (χ4v) is 2.44. The van der Waals surface area contributed by atoms with Gasteiger partial charge in [-0.25, -0.2) is 4.98 Å². The highest BCUT2D eigenvalue weighted by Crippen LogP contribution is 2.20. The Kier molecular flexibility index (Phi) is 4.19. The van der Waals surface area contributed by atoms with Crippen molar-refractivity contribution in [3.05, 3.63) is 23.9 Å². The van der Waals surface area contributed by atoms with E-state index in [1.54, 1.807) is 0 Å². The quantitative estimate of drug-likeness (QED) is 0.883. The van der Waals surface area contributed by atoms with Crippen molar-refractivity contribution in [3.8, 4) is 0 Å². The summed E-state index contributed by atoms with van der Waals surface area (Å²) in [5.74, 6) is 1.07. The van der Waals surface area contributed by atoms with E-state index in [0.717, 1.165) is 24.5 Å². The highest BCUT2D eigenvalue weighted by Gasteiger charge is 2.22. The largest absolute Gasteiger partial charge is 0.355 e. The van der Waals surface area contributed by atoms with Crippen molar-refractivity contribution in [2.75, 3.05) is 32.1 Å². The zero-order chi connectivity index (χ0) is 13.1. The maximum absolute atomic E-state index is 5.84. The molecule has 0 aromatic carbocycles. The maximum atomic E-state index is 5.84. The second kappa shape index (κ2) is 5.67. The van der Waals surface area contributed by atoms with Gasteiger partial charge in [-0.3, -0.25) is 0 Å². The Morgan fingerprint density at radius 1 is 1.44 bits per heavy atom. The monoisotopic (exact) mass is 248 g/mol. The molecular formula is C14H24N4. The molecule has 1 fully saturated rings. The Hall–Kier alpha value is -1.13. The number of hydrogen-bond acceptors (Lipinski definition) is 4. The van der Waals surface area contributed by atoms with Crippen LogP contribution in [0.5, 0.6) is 0 Å². The van der Waals surface area contributed by atoms with Gasteiger partial charge in [0.15, 0.2) is 0 Å². The third-order valence-electron chi connectivity index (χ3n) is 3.75. The Morgan fingerprint density at radius 3 is 2.78 bits per heavy atom. The van der Waals surface area contributed by atoms with Crippen LogP contribution in [0.15, 0.2) is 18.3 Å². The molecular weight excluding hydrogens is 224 g/mol. The van der Waals surface area contributed by atoms with Gasteiger partial charge >= 0.3 is 0 Å². The van der Waals surface area contributed by atoms with Gasteiger partial charge in [-0.05, 0) is 45.5 Å². The first-order chi connectivity index (χ1) is 8.58. The lowest BCUT2D eigenvalue weighted by Gasteiger charge is -2.36. The standard InChI is InChI=1S/C14H24N4/c1-11(15)12-6-7-14(16-9-12)18-8-4-5-13(10-18)17(2)3/h6-7,9,11,13H,4-5,8,10,15H2,1-3H3. The number of nitrogens with two attached hydrogens (primary N) is 1. The molecule has 0 amide bonds. The summed E-state index contributed by atoms with van der Waals surface area (Å²) < 4.78 is 0. The molecule has 2 unspecified atom stereocenters. The van der Waals surface area contributed by atoms with Gasteiger partial charge in [0.1, 0.15) is 5.82 Å². The van der Waals surface area contributed by atoms with E-state index < -0.39 is 0 Å². The predicted molar refractivity (Wildman–Crippen MR) is 75.8 cm³/mol. The summed E-state index contributed by atoms with van der Waals surface area (Å²) in [5.41, 5.74) is 6.94. The van der Waals surface area contributed by atoms with Crippen LogP contribution in [0.25, 0.3) is 0 Å². The number of likely N-dealkylation sites (N-methyl/N-ethyl adjacent to an activating group) is 1. The van der Waals surface area contributed by atoms with Crippen molar-refractivity contribution in [1.82, 2.24) is 9.88 Å².